The number of carbonyl (C=O) groups excluding carboxylic acids is 1. The van der Waals surface area contributed by atoms with Crippen LogP contribution in [0.15, 0.2) is 41.5 Å². The molecule has 0 atom stereocenters. The number of anilines is 1. The molecule has 0 aliphatic rings. The van der Waals surface area contributed by atoms with Gasteiger partial charge >= 0.3 is 0 Å². The highest BCUT2D eigenvalue weighted by atomic mass is 19.1. The monoisotopic (exact) mass is 262 g/mol. The van der Waals surface area contributed by atoms with E-state index in [1.807, 2.05) is 0 Å². The fourth-order valence-electron chi connectivity index (χ4n) is 1.51. The van der Waals surface area contributed by atoms with Crippen LogP contribution in [0.3, 0.4) is 0 Å². The lowest BCUT2D eigenvalue weighted by Crippen LogP contribution is -2.21. The number of carbonyl (C=O) groups is 1. The zero-order valence-electron chi connectivity index (χ0n) is 10.1. The van der Waals surface area contributed by atoms with Crippen LogP contribution in [0.4, 0.5) is 10.1 Å². The molecule has 1 aromatic carbocycles. The number of H-pyrrole nitrogens is 1. The summed E-state index contributed by atoms with van der Waals surface area (Å²) >= 11 is 0. The molecule has 0 aliphatic carbocycles. The molecular weight excluding hydrogens is 251 g/mol. The molecule has 1 amide bonds. The third-order valence-electron chi connectivity index (χ3n) is 2.49. The smallest absolute Gasteiger partial charge is 0.261 e. The van der Waals surface area contributed by atoms with E-state index in [2.05, 4.69) is 10.3 Å². The molecular formula is C13H11FN2O3. The van der Waals surface area contributed by atoms with Crippen LogP contribution in [0, 0.1) is 5.82 Å². The Balaban J connectivity index is 2.29. The first-order chi connectivity index (χ1) is 9.11. The van der Waals surface area contributed by atoms with Gasteiger partial charge in [-0.1, -0.05) is 0 Å². The van der Waals surface area contributed by atoms with Crippen LogP contribution < -0.4 is 15.5 Å². The Hall–Kier alpha value is -2.63. The van der Waals surface area contributed by atoms with Crippen LogP contribution in [0.1, 0.15) is 10.4 Å². The van der Waals surface area contributed by atoms with Gasteiger partial charge in [0, 0.05) is 24.5 Å². The number of benzene rings is 1. The predicted octanol–water partition coefficient (Wildman–Crippen LogP) is 1.77. The molecule has 0 unspecified atom stereocenters. The number of amides is 1. The van der Waals surface area contributed by atoms with Crippen molar-refractivity contribution in [2.45, 2.75) is 0 Å². The lowest BCUT2D eigenvalue weighted by Gasteiger charge is -2.07. The molecule has 0 aliphatic heterocycles. The Bertz CT molecular complexity index is 667. The number of methoxy groups -OCH3 is 1. The first-order valence-electron chi connectivity index (χ1n) is 5.44. The van der Waals surface area contributed by atoms with Crippen LogP contribution in [0.25, 0.3) is 0 Å². The van der Waals surface area contributed by atoms with Crippen molar-refractivity contribution in [3.05, 3.63) is 58.3 Å². The number of ether oxygens (including phenoxy) is 1. The van der Waals surface area contributed by atoms with Crippen molar-refractivity contribution in [3.63, 3.8) is 0 Å². The van der Waals surface area contributed by atoms with Gasteiger partial charge < -0.3 is 15.0 Å². The van der Waals surface area contributed by atoms with Gasteiger partial charge in [-0.05, 0) is 12.1 Å². The maximum Gasteiger partial charge on any atom is 0.261 e. The van der Waals surface area contributed by atoms with Crippen molar-refractivity contribution in [3.8, 4) is 5.75 Å². The molecule has 0 bridgehead atoms. The summed E-state index contributed by atoms with van der Waals surface area (Å²) in [5.41, 5.74) is -0.586. The van der Waals surface area contributed by atoms with Crippen LogP contribution in [-0.2, 0) is 0 Å². The van der Waals surface area contributed by atoms with Gasteiger partial charge in [0.05, 0.1) is 12.8 Å². The van der Waals surface area contributed by atoms with Crippen molar-refractivity contribution in [2.24, 2.45) is 0 Å². The van der Waals surface area contributed by atoms with Crippen LogP contribution in [0.2, 0.25) is 0 Å². The Kier molecular flexibility index (Phi) is 3.61. The van der Waals surface area contributed by atoms with E-state index in [1.165, 1.54) is 43.8 Å². The average Bonchev–Trinajstić information content (AvgIpc) is 2.41. The molecule has 0 saturated carbocycles. The maximum atomic E-state index is 13.5. The van der Waals surface area contributed by atoms with E-state index < -0.39 is 17.2 Å². The molecule has 0 spiro atoms. The van der Waals surface area contributed by atoms with E-state index in [4.69, 9.17) is 4.74 Å². The maximum absolute atomic E-state index is 13.5. The lowest BCUT2D eigenvalue weighted by atomic mass is 10.2. The zero-order chi connectivity index (χ0) is 13.8. The number of rotatable bonds is 3. The summed E-state index contributed by atoms with van der Waals surface area (Å²) in [7, 11) is 1.43. The van der Waals surface area contributed by atoms with Gasteiger partial charge in [-0.15, -0.1) is 0 Å². The van der Waals surface area contributed by atoms with Gasteiger partial charge in [0.1, 0.15) is 17.1 Å². The lowest BCUT2D eigenvalue weighted by molar-refractivity contribution is 0.102. The summed E-state index contributed by atoms with van der Waals surface area (Å²) < 4.78 is 18.5. The minimum atomic E-state index is -0.686. The highest BCUT2D eigenvalue weighted by Gasteiger charge is 2.12. The standard InChI is InChI=1S/C13H11FN2O3/c1-19-8-2-3-10(14)11(6-8)16-13(18)9-7-15-5-4-12(9)17/h2-7H,1H3,(H,15,17)(H,16,18). The second-order valence-electron chi connectivity index (χ2n) is 3.72. The average molecular weight is 262 g/mol. The van der Waals surface area contributed by atoms with Gasteiger partial charge in [0.25, 0.3) is 5.91 Å². The molecule has 2 rings (SSSR count). The van der Waals surface area contributed by atoms with Crippen molar-refractivity contribution >= 4 is 11.6 Å². The number of aromatic amines is 1. The summed E-state index contributed by atoms with van der Waals surface area (Å²) in [5, 5.41) is 2.33. The Morgan fingerprint density at radius 2 is 2.16 bits per heavy atom. The van der Waals surface area contributed by atoms with E-state index in [9.17, 15) is 14.0 Å². The summed E-state index contributed by atoms with van der Waals surface area (Å²) in [6, 6.07) is 5.16. The Morgan fingerprint density at radius 3 is 2.84 bits per heavy atom. The minimum absolute atomic E-state index is 0.0485. The molecule has 1 heterocycles. The number of hydrogen-bond acceptors (Lipinski definition) is 3. The van der Waals surface area contributed by atoms with E-state index in [1.54, 1.807) is 0 Å². The number of halogens is 1. The van der Waals surface area contributed by atoms with Crippen molar-refractivity contribution in [1.82, 2.24) is 4.98 Å². The number of nitrogens with one attached hydrogen (secondary N) is 2. The summed E-state index contributed by atoms with van der Waals surface area (Å²) in [5.74, 6) is -0.894. The molecule has 2 N–H and O–H groups in total. The quantitative estimate of drug-likeness (QED) is 0.885. The molecule has 5 nitrogen and oxygen atoms in total. The first kappa shape index (κ1) is 12.8. The summed E-state index contributed by atoms with van der Waals surface area (Å²) in [6.07, 6.45) is 2.67. The third-order valence-corrected chi connectivity index (χ3v) is 2.49. The van der Waals surface area contributed by atoms with Gasteiger partial charge in [-0.3, -0.25) is 9.59 Å². The van der Waals surface area contributed by atoms with E-state index >= 15 is 0 Å². The second-order valence-corrected chi connectivity index (χ2v) is 3.72. The SMILES string of the molecule is COc1ccc(F)c(NC(=O)c2c[nH]ccc2=O)c1. The normalized spacial score (nSPS) is 10.0. The molecule has 0 saturated heterocycles. The van der Waals surface area contributed by atoms with E-state index in [0.29, 0.717) is 5.75 Å². The van der Waals surface area contributed by atoms with Crippen molar-refractivity contribution in [1.29, 1.82) is 0 Å². The molecule has 98 valence electrons. The predicted molar refractivity (Wildman–Crippen MR) is 68.0 cm³/mol. The second kappa shape index (κ2) is 5.34. The zero-order valence-corrected chi connectivity index (χ0v) is 10.1. The van der Waals surface area contributed by atoms with E-state index in [0.717, 1.165) is 0 Å². The first-order valence-corrected chi connectivity index (χ1v) is 5.44. The third kappa shape index (κ3) is 2.79. The van der Waals surface area contributed by atoms with Crippen LogP contribution in [0.5, 0.6) is 5.75 Å². The fraction of sp³-hybridized carbons (Fsp3) is 0.0769. The van der Waals surface area contributed by atoms with Gasteiger partial charge in [-0.25, -0.2) is 4.39 Å². The highest BCUT2D eigenvalue weighted by Crippen LogP contribution is 2.21. The highest BCUT2D eigenvalue weighted by molar-refractivity contribution is 6.04. The molecule has 6 heteroatoms. The Morgan fingerprint density at radius 1 is 1.37 bits per heavy atom. The van der Waals surface area contributed by atoms with E-state index in [-0.39, 0.29) is 11.3 Å². The van der Waals surface area contributed by atoms with Crippen molar-refractivity contribution < 1.29 is 13.9 Å². The van der Waals surface area contributed by atoms with Gasteiger partial charge in [0.2, 0.25) is 0 Å². The van der Waals surface area contributed by atoms with Crippen LogP contribution in [-0.4, -0.2) is 18.0 Å². The topological polar surface area (TPSA) is 71.2 Å². The van der Waals surface area contributed by atoms with Crippen LogP contribution >= 0.6 is 0 Å². The summed E-state index contributed by atoms with van der Waals surface area (Å²) in [4.78, 5) is 25.9. The Labute approximate surface area is 108 Å². The molecule has 0 radical (unpaired) electrons. The summed E-state index contributed by atoms with van der Waals surface area (Å²) in [6.45, 7) is 0. The molecule has 1 aromatic heterocycles. The fourth-order valence-corrected chi connectivity index (χ4v) is 1.51. The number of pyridine rings is 1. The molecule has 19 heavy (non-hydrogen) atoms. The van der Waals surface area contributed by atoms with Gasteiger partial charge in [-0.2, -0.15) is 0 Å². The molecule has 0 fully saturated rings. The van der Waals surface area contributed by atoms with Crippen molar-refractivity contribution in [2.75, 3.05) is 12.4 Å². The number of aromatic nitrogens is 1. The van der Waals surface area contributed by atoms with Gasteiger partial charge in [0.15, 0.2) is 5.43 Å². The molecule has 2 aromatic rings. The number of hydrogen-bond donors (Lipinski definition) is 2. The largest absolute Gasteiger partial charge is 0.497 e. The minimum Gasteiger partial charge on any atom is -0.497 e.